The van der Waals surface area contributed by atoms with Crippen LogP contribution in [0.15, 0.2) is 4.99 Å². The van der Waals surface area contributed by atoms with Crippen LogP contribution in [0.1, 0.15) is 39.0 Å². The monoisotopic (exact) mass is 413 g/mol. The molecule has 7 heteroatoms. The summed E-state index contributed by atoms with van der Waals surface area (Å²) in [5, 5.41) is 0. The first-order valence-corrected chi connectivity index (χ1v) is 7.52. The summed E-state index contributed by atoms with van der Waals surface area (Å²) in [6.07, 6.45) is 4.52. The van der Waals surface area contributed by atoms with Crippen LogP contribution < -0.4 is 5.73 Å². The number of hydrogen-bond donors (Lipinski definition) is 1. The van der Waals surface area contributed by atoms with Crippen molar-refractivity contribution in [1.29, 1.82) is 0 Å². The Morgan fingerprint density at radius 1 is 1.24 bits per heavy atom. The van der Waals surface area contributed by atoms with Gasteiger partial charge in [-0.1, -0.05) is 12.8 Å². The highest BCUT2D eigenvalue weighted by Crippen LogP contribution is 2.04. The molecule has 2 N–H and O–H groups in total. The molecule has 1 fully saturated rings. The number of guanidine groups is 1. The van der Waals surface area contributed by atoms with E-state index in [0.717, 1.165) is 58.5 Å². The van der Waals surface area contributed by atoms with E-state index in [4.69, 9.17) is 15.2 Å². The van der Waals surface area contributed by atoms with Crippen LogP contribution in [0.4, 0.5) is 0 Å². The van der Waals surface area contributed by atoms with Crippen molar-refractivity contribution in [3.63, 3.8) is 0 Å². The summed E-state index contributed by atoms with van der Waals surface area (Å²) in [7, 11) is 0. The van der Waals surface area contributed by atoms with Gasteiger partial charge < -0.3 is 20.1 Å². The molecule has 0 aromatic rings. The lowest BCUT2D eigenvalue weighted by Crippen LogP contribution is -2.44. The Morgan fingerprint density at radius 2 is 1.90 bits per heavy atom. The zero-order valence-electron chi connectivity index (χ0n) is 12.9. The van der Waals surface area contributed by atoms with Gasteiger partial charge in [-0.25, -0.2) is 0 Å². The fourth-order valence-corrected chi connectivity index (χ4v) is 2.05. The number of nitrogens with two attached hydrogens (primary N) is 1. The molecule has 0 bridgehead atoms. The molecule has 0 aliphatic carbocycles. The van der Waals surface area contributed by atoms with Gasteiger partial charge in [0.25, 0.3) is 0 Å². The molecule has 1 rings (SSSR count). The molecule has 0 atom stereocenters. The molecule has 0 unspecified atom stereocenters. The SMILES string of the molecule is CCOC(=O)CCCCCCN=C(N)N1CCOCC1.I. The van der Waals surface area contributed by atoms with E-state index in [1.165, 1.54) is 0 Å². The zero-order valence-corrected chi connectivity index (χ0v) is 15.2. The molecule has 1 aliphatic heterocycles. The average molecular weight is 413 g/mol. The van der Waals surface area contributed by atoms with E-state index < -0.39 is 0 Å². The standard InChI is InChI=1S/C14H27N3O3.HI/c1-2-20-13(18)7-5-3-4-6-8-16-14(15)17-9-11-19-12-10-17;/h2-12H2,1H3,(H2,15,16);1H. The normalized spacial score (nSPS) is 15.5. The maximum atomic E-state index is 11.1. The summed E-state index contributed by atoms with van der Waals surface area (Å²) in [6, 6.07) is 0. The fraction of sp³-hybridized carbons (Fsp3) is 0.857. The number of rotatable bonds is 8. The Labute approximate surface area is 144 Å². The molecule has 1 aliphatic rings. The van der Waals surface area contributed by atoms with E-state index >= 15 is 0 Å². The van der Waals surface area contributed by atoms with Crippen molar-refractivity contribution >= 4 is 35.9 Å². The summed E-state index contributed by atoms with van der Waals surface area (Å²) < 4.78 is 10.1. The summed E-state index contributed by atoms with van der Waals surface area (Å²) in [5.41, 5.74) is 5.92. The van der Waals surface area contributed by atoms with Gasteiger partial charge in [-0.3, -0.25) is 9.79 Å². The van der Waals surface area contributed by atoms with Crippen molar-refractivity contribution in [2.45, 2.75) is 39.0 Å². The third kappa shape index (κ3) is 9.89. The highest BCUT2D eigenvalue weighted by atomic mass is 127. The van der Waals surface area contributed by atoms with E-state index in [1.807, 2.05) is 6.92 Å². The molecule has 0 spiro atoms. The van der Waals surface area contributed by atoms with Gasteiger partial charge in [0.1, 0.15) is 0 Å². The number of ether oxygens (including phenoxy) is 2. The minimum atomic E-state index is -0.0953. The summed E-state index contributed by atoms with van der Waals surface area (Å²) in [6.45, 7) is 6.16. The largest absolute Gasteiger partial charge is 0.466 e. The van der Waals surface area contributed by atoms with E-state index in [9.17, 15) is 4.79 Å². The zero-order chi connectivity index (χ0) is 14.6. The van der Waals surface area contributed by atoms with Crippen LogP contribution in [0.3, 0.4) is 0 Å². The van der Waals surface area contributed by atoms with Gasteiger partial charge in [-0.2, -0.15) is 0 Å². The van der Waals surface area contributed by atoms with E-state index in [0.29, 0.717) is 19.0 Å². The van der Waals surface area contributed by atoms with Gasteiger partial charge in [0, 0.05) is 26.1 Å². The molecule has 0 aromatic carbocycles. The summed E-state index contributed by atoms with van der Waals surface area (Å²) in [4.78, 5) is 17.6. The number of hydrogen-bond acceptors (Lipinski definition) is 4. The second-order valence-corrected chi connectivity index (χ2v) is 4.81. The van der Waals surface area contributed by atoms with Crippen LogP contribution in [0.5, 0.6) is 0 Å². The first-order chi connectivity index (χ1) is 9.74. The minimum Gasteiger partial charge on any atom is -0.466 e. The second kappa shape index (κ2) is 13.1. The lowest BCUT2D eigenvalue weighted by atomic mass is 10.1. The summed E-state index contributed by atoms with van der Waals surface area (Å²) in [5.74, 6) is 0.530. The van der Waals surface area contributed by atoms with Gasteiger partial charge >= 0.3 is 5.97 Å². The first kappa shape index (κ1) is 20.4. The van der Waals surface area contributed by atoms with Crippen molar-refractivity contribution in [1.82, 2.24) is 4.90 Å². The molecule has 0 saturated carbocycles. The lowest BCUT2D eigenvalue weighted by Gasteiger charge is -2.27. The highest BCUT2D eigenvalue weighted by molar-refractivity contribution is 14.0. The van der Waals surface area contributed by atoms with Crippen LogP contribution in [0.25, 0.3) is 0 Å². The van der Waals surface area contributed by atoms with Crippen LogP contribution in [0, 0.1) is 0 Å². The molecule has 21 heavy (non-hydrogen) atoms. The smallest absolute Gasteiger partial charge is 0.305 e. The number of esters is 1. The molecular formula is C14H28IN3O3. The predicted molar refractivity (Wildman–Crippen MR) is 94.0 cm³/mol. The molecule has 6 nitrogen and oxygen atoms in total. The number of nitrogens with zero attached hydrogens (tertiary/aromatic N) is 2. The van der Waals surface area contributed by atoms with E-state index in [2.05, 4.69) is 9.89 Å². The third-order valence-corrected chi connectivity index (χ3v) is 3.20. The lowest BCUT2D eigenvalue weighted by molar-refractivity contribution is -0.143. The van der Waals surface area contributed by atoms with Gasteiger partial charge in [-0.15, -0.1) is 24.0 Å². The predicted octanol–water partition coefficient (Wildman–Crippen LogP) is 1.76. The molecule has 1 saturated heterocycles. The van der Waals surface area contributed by atoms with Crippen molar-refractivity contribution in [3.05, 3.63) is 0 Å². The first-order valence-electron chi connectivity index (χ1n) is 7.52. The van der Waals surface area contributed by atoms with E-state index in [1.54, 1.807) is 0 Å². The number of morpholine rings is 1. The number of carbonyl (C=O) groups excluding carboxylic acids is 1. The van der Waals surface area contributed by atoms with Crippen LogP contribution >= 0.6 is 24.0 Å². The van der Waals surface area contributed by atoms with Crippen molar-refractivity contribution in [3.8, 4) is 0 Å². The number of halogens is 1. The topological polar surface area (TPSA) is 77.1 Å². The Hall–Kier alpha value is -0.570. The third-order valence-electron chi connectivity index (χ3n) is 3.20. The fourth-order valence-electron chi connectivity index (χ4n) is 2.05. The van der Waals surface area contributed by atoms with Crippen molar-refractivity contribution < 1.29 is 14.3 Å². The van der Waals surface area contributed by atoms with Crippen LogP contribution in [-0.2, 0) is 14.3 Å². The Balaban J connectivity index is 0.00000400. The van der Waals surface area contributed by atoms with Crippen LogP contribution in [0.2, 0.25) is 0 Å². The second-order valence-electron chi connectivity index (χ2n) is 4.81. The maximum Gasteiger partial charge on any atom is 0.305 e. The van der Waals surface area contributed by atoms with E-state index in [-0.39, 0.29) is 29.9 Å². The van der Waals surface area contributed by atoms with Crippen molar-refractivity contribution in [2.75, 3.05) is 39.5 Å². The maximum absolute atomic E-state index is 11.1. The number of aliphatic imine (C=N–C) groups is 1. The Bertz CT molecular complexity index is 308. The highest BCUT2D eigenvalue weighted by Gasteiger charge is 2.11. The van der Waals surface area contributed by atoms with Crippen LogP contribution in [-0.4, -0.2) is 56.3 Å². The van der Waals surface area contributed by atoms with Gasteiger partial charge in [0.05, 0.1) is 19.8 Å². The molecule has 124 valence electrons. The molecule has 0 aromatic heterocycles. The Morgan fingerprint density at radius 3 is 2.57 bits per heavy atom. The van der Waals surface area contributed by atoms with Gasteiger partial charge in [0.2, 0.25) is 0 Å². The van der Waals surface area contributed by atoms with Crippen molar-refractivity contribution in [2.24, 2.45) is 10.7 Å². The number of unbranched alkanes of at least 4 members (excludes halogenated alkanes) is 3. The molecule has 1 heterocycles. The molecule has 0 amide bonds. The molecule has 0 radical (unpaired) electrons. The average Bonchev–Trinajstić information content (AvgIpc) is 2.47. The molecular weight excluding hydrogens is 385 g/mol. The van der Waals surface area contributed by atoms with Gasteiger partial charge in [0.15, 0.2) is 5.96 Å². The quantitative estimate of drug-likeness (QED) is 0.216. The minimum absolute atomic E-state index is 0. The van der Waals surface area contributed by atoms with Gasteiger partial charge in [-0.05, 0) is 19.8 Å². The number of carbonyl (C=O) groups is 1. The summed E-state index contributed by atoms with van der Waals surface area (Å²) >= 11 is 0. The Kier molecular flexibility index (Phi) is 12.8.